The van der Waals surface area contributed by atoms with Gasteiger partial charge in [-0.15, -0.1) is 0 Å². The molecule has 2 bridgehead atoms. The molecular weight excluding hydrogens is 632 g/mol. The molecule has 0 saturated heterocycles. The number of hydrogen-bond donors (Lipinski definition) is 0. The van der Waals surface area contributed by atoms with Crippen LogP contribution in [0.25, 0.3) is 5.57 Å². The minimum absolute atomic E-state index is 0.219. The lowest BCUT2D eigenvalue weighted by Crippen LogP contribution is -2.60. The molecule has 5 fully saturated rings. The van der Waals surface area contributed by atoms with Crippen molar-refractivity contribution in [2.24, 2.45) is 35.5 Å². The van der Waals surface area contributed by atoms with Crippen LogP contribution in [-0.2, 0) is 38.1 Å². The lowest BCUT2D eigenvalue weighted by molar-refractivity contribution is -0.192. The fraction of sp³-hybridized carbons (Fsp3) is 0.714. The number of esters is 4. The Labute approximate surface area is 297 Å². The smallest absolute Gasteiger partial charge is 0.310 e. The first-order chi connectivity index (χ1) is 24.5. The van der Waals surface area contributed by atoms with E-state index >= 15 is 0 Å². The summed E-state index contributed by atoms with van der Waals surface area (Å²) in [4.78, 5) is 58.4. The summed E-state index contributed by atoms with van der Waals surface area (Å²) in [6.45, 7) is 0. The summed E-state index contributed by atoms with van der Waals surface area (Å²) in [6.07, 6.45) is 19.8. The molecule has 8 rings (SSSR count). The van der Waals surface area contributed by atoms with E-state index in [9.17, 15) is 19.2 Å². The molecule has 0 aliphatic heterocycles. The molecule has 1 aromatic carbocycles. The molecule has 0 N–H and O–H groups in total. The summed E-state index contributed by atoms with van der Waals surface area (Å²) in [5.74, 6) is -7.34. The number of allylic oxidation sites excluding steroid dienone is 2. The van der Waals surface area contributed by atoms with Gasteiger partial charge in [-0.3, -0.25) is 19.2 Å². The zero-order chi connectivity index (χ0) is 34.5. The molecule has 0 radical (unpaired) electrons. The van der Waals surface area contributed by atoms with Gasteiger partial charge in [-0.25, -0.2) is 0 Å². The zero-order valence-corrected chi connectivity index (χ0v) is 29.6. The van der Waals surface area contributed by atoms with Crippen molar-refractivity contribution >= 4 is 29.5 Å². The first-order valence-corrected chi connectivity index (χ1v) is 20.1. The highest BCUT2D eigenvalue weighted by Crippen LogP contribution is 2.58. The van der Waals surface area contributed by atoms with Gasteiger partial charge in [0.1, 0.15) is 24.4 Å². The van der Waals surface area contributed by atoms with Crippen molar-refractivity contribution < 1.29 is 38.1 Å². The Hall–Kier alpha value is -3.16. The van der Waals surface area contributed by atoms with Crippen LogP contribution in [0.15, 0.2) is 36.4 Å². The SMILES string of the molecule is O=C(OC1CCCCC1)C1C2C=C(c3ccccc3)C(C1C(=O)OC1CCCCC1)C(C(=O)OC1CCCCC1)C2C(=O)OC1CCCCC1. The molecule has 8 nitrogen and oxygen atoms in total. The molecule has 7 aliphatic carbocycles. The summed E-state index contributed by atoms with van der Waals surface area (Å²) in [5, 5.41) is 0. The number of carbonyl (C=O) groups is 4. The van der Waals surface area contributed by atoms with Crippen LogP contribution in [0.3, 0.4) is 0 Å². The van der Waals surface area contributed by atoms with Crippen LogP contribution in [0.2, 0.25) is 0 Å². The Kier molecular flexibility index (Phi) is 11.6. The summed E-state index contributed by atoms with van der Waals surface area (Å²) in [7, 11) is 0. The van der Waals surface area contributed by atoms with Gasteiger partial charge < -0.3 is 18.9 Å². The number of benzene rings is 1. The van der Waals surface area contributed by atoms with Crippen LogP contribution in [0.5, 0.6) is 0 Å². The molecule has 50 heavy (non-hydrogen) atoms. The van der Waals surface area contributed by atoms with Gasteiger partial charge in [0.25, 0.3) is 0 Å². The van der Waals surface area contributed by atoms with Crippen molar-refractivity contribution in [3.8, 4) is 0 Å². The lowest BCUT2D eigenvalue weighted by atomic mass is 9.50. The topological polar surface area (TPSA) is 105 Å². The predicted molar refractivity (Wildman–Crippen MR) is 187 cm³/mol. The second-order valence-corrected chi connectivity index (χ2v) is 16.0. The third kappa shape index (κ3) is 7.84. The number of rotatable bonds is 9. The van der Waals surface area contributed by atoms with Crippen molar-refractivity contribution in [1.82, 2.24) is 0 Å². The summed E-state index contributed by atoms with van der Waals surface area (Å²) in [5.41, 5.74) is 1.67. The van der Waals surface area contributed by atoms with Gasteiger partial charge in [-0.2, -0.15) is 0 Å². The molecule has 4 atom stereocenters. The van der Waals surface area contributed by atoms with E-state index < -0.39 is 59.4 Å². The maximum atomic E-state index is 14.7. The van der Waals surface area contributed by atoms with Crippen LogP contribution in [0, 0.1) is 35.5 Å². The van der Waals surface area contributed by atoms with Gasteiger partial charge >= 0.3 is 23.9 Å². The van der Waals surface area contributed by atoms with Crippen molar-refractivity contribution in [3.05, 3.63) is 42.0 Å². The quantitative estimate of drug-likeness (QED) is 0.189. The van der Waals surface area contributed by atoms with Crippen LogP contribution in [0.1, 0.15) is 134 Å². The Bertz CT molecular complexity index is 1290. The monoisotopic (exact) mass is 688 g/mol. The third-order valence-corrected chi connectivity index (χ3v) is 12.6. The Morgan fingerprint density at radius 3 is 1.08 bits per heavy atom. The second kappa shape index (κ2) is 16.5. The Morgan fingerprint density at radius 1 is 0.420 bits per heavy atom. The minimum atomic E-state index is -0.985. The molecule has 1 aromatic rings. The summed E-state index contributed by atoms with van der Waals surface area (Å²) in [6, 6.07) is 9.76. The second-order valence-electron chi connectivity index (χ2n) is 16.0. The number of fused-ring (bicyclic) bond motifs is 2. The molecule has 272 valence electrons. The standard InChI is InChI=1S/C42H56O8/c43-39(47-28-18-8-2-9-19-28)35-33-26-32(27-16-6-1-7-17-27)34(37(35)41(45)49-30-22-12-4-13-23-30)38(42(46)50-31-24-14-5-15-25-31)36(33)40(44)48-29-20-10-3-11-21-29/h1,6-7,16-17,26,28-31,33-38H,2-5,8-15,18-25H2. The van der Waals surface area contributed by atoms with Gasteiger partial charge in [0, 0.05) is 11.8 Å². The molecule has 4 unspecified atom stereocenters. The van der Waals surface area contributed by atoms with Crippen LogP contribution in [-0.4, -0.2) is 48.3 Å². The van der Waals surface area contributed by atoms with E-state index in [1.165, 1.54) is 0 Å². The van der Waals surface area contributed by atoms with Crippen LogP contribution >= 0.6 is 0 Å². The van der Waals surface area contributed by atoms with Crippen LogP contribution in [0.4, 0.5) is 0 Å². The summed E-state index contributed by atoms with van der Waals surface area (Å²) >= 11 is 0. The van der Waals surface area contributed by atoms with E-state index in [-0.39, 0.29) is 24.4 Å². The van der Waals surface area contributed by atoms with Gasteiger partial charge in [-0.05, 0) is 114 Å². The van der Waals surface area contributed by atoms with Crippen molar-refractivity contribution in [2.45, 2.75) is 153 Å². The highest BCUT2D eigenvalue weighted by molar-refractivity contribution is 5.95. The normalized spacial score (nSPS) is 31.3. The van der Waals surface area contributed by atoms with Crippen molar-refractivity contribution in [2.75, 3.05) is 0 Å². The van der Waals surface area contributed by atoms with E-state index in [1.807, 2.05) is 36.4 Å². The first-order valence-electron chi connectivity index (χ1n) is 20.1. The molecule has 8 heteroatoms. The number of ether oxygens (including phenoxy) is 4. The predicted octanol–water partition coefficient (Wildman–Crippen LogP) is 8.30. The van der Waals surface area contributed by atoms with Crippen molar-refractivity contribution in [1.29, 1.82) is 0 Å². The molecule has 0 heterocycles. The van der Waals surface area contributed by atoms with E-state index in [0.717, 1.165) is 140 Å². The molecule has 0 aromatic heterocycles. The average Bonchev–Trinajstić information content (AvgIpc) is 3.16. The van der Waals surface area contributed by atoms with Gasteiger partial charge in [0.15, 0.2) is 0 Å². The highest BCUT2D eigenvalue weighted by Gasteiger charge is 2.65. The zero-order valence-electron chi connectivity index (χ0n) is 29.6. The molecule has 5 saturated carbocycles. The number of carbonyl (C=O) groups excluding carboxylic acids is 4. The molecule has 7 aliphatic rings. The fourth-order valence-corrected chi connectivity index (χ4v) is 10.1. The fourth-order valence-electron chi connectivity index (χ4n) is 10.1. The lowest BCUT2D eigenvalue weighted by Gasteiger charge is -2.52. The Morgan fingerprint density at radius 2 is 0.740 bits per heavy atom. The van der Waals surface area contributed by atoms with Crippen molar-refractivity contribution in [3.63, 3.8) is 0 Å². The number of hydrogen-bond acceptors (Lipinski definition) is 8. The van der Waals surface area contributed by atoms with Gasteiger partial charge in [0.2, 0.25) is 0 Å². The van der Waals surface area contributed by atoms with E-state index in [4.69, 9.17) is 18.9 Å². The van der Waals surface area contributed by atoms with E-state index in [2.05, 4.69) is 0 Å². The Balaban J connectivity index is 1.31. The third-order valence-electron chi connectivity index (χ3n) is 12.6. The minimum Gasteiger partial charge on any atom is -0.462 e. The van der Waals surface area contributed by atoms with E-state index in [0.29, 0.717) is 0 Å². The maximum Gasteiger partial charge on any atom is 0.310 e. The highest BCUT2D eigenvalue weighted by atomic mass is 16.6. The average molecular weight is 689 g/mol. The van der Waals surface area contributed by atoms with Gasteiger partial charge in [-0.1, -0.05) is 62.1 Å². The maximum absolute atomic E-state index is 14.7. The van der Waals surface area contributed by atoms with Crippen LogP contribution < -0.4 is 0 Å². The summed E-state index contributed by atoms with van der Waals surface area (Å²) < 4.78 is 25.1. The molecular formula is C42H56O8. The van der Waals surface area contributed by atoms with Gasteiger partial charge in [0.05, 0.1) is 23.7 Å². The first kappa shape index (κ1) is 35.3. The van der Waals surface area contributed by atoms with E-state index in [1.54, 1.807) is 0 Å². The largest absolute Gasteiger partial charge is 0.462 e. The molecule has 0 amide bonds. The molecule has 0 spiro atoms.